The third-order valence-corrected chi connectivity index (χ3v) is 6.27. The Morgan fingerprint density at radius 2 is 1.58 bits per heavy atom. The molecule has 1 heterocycles. The van der Waals surface area contributed by atoms with E-state index < -0.39 is 53.8 Å². The van der Waals surface area contributed by atoms with Gasteiger partial charge >= 0.3 is 5.97 Å². The molecule has 4 unspecified atom stereocenters. The van der Waals surface area contributed by atoms with Crippen LogP contribution in [0.4, 0.5) is 0 Å². The third-order valence-electron chi connectivity index (χ3n) is 5.91. The normalized spacial score (nSPS) is 14.3. The summed E-state index contributed by atoms with van der Waals surface area (Å²) < 4.78 is 0. The van der Waals surface area contributed by atoms with E-state index in [1.165, 1.54) is 0 Å². The smallest absolute Gasteiger partial charge is 0.327 e. The van der Waals surface area contributed by atoms with Crippen molar-refractivity contribution in [1.82, 2.24) is 20.9 Å². The first-order chi connectivity index (χ1) is 17.9. The van der Waals surface area contributed by atoms with E-state index in [9.17, 15) is 29.1 Å². The monoisotopic (exact) mass is 548 g/mol. The summed E-state index contributed by atoms with van der Waals surface area (Å²) >= 11 is 3.99. The Morgan fingerprint density at radius 1 is 0.974 bits per heavy atom. The number of primary amides is 1. The molecule has 2 aromatic rings. The Kier molecular flexibility index (Phi) is 11.6. The number of amides is 4. The van der Waals surface area contributed by atoms with Gasteiger partial charge < -0.3 is 37.5 Å². The van der Waals surface area contributed by atoms with Crippen molar-refractivity contribution in [2.24, 2.45) is 17.4 Å². The van der Waals surface area contributed by atoms with Gasteiger partial charge in [-0.2, -0.15) is 12.6 Å². The molecule has 208 valence electrons. The SMILES string of the molecule is CC(C)CC(NC(=O)C(N)CCC(N)=O)C(=O)NC(Cc1c[nH]c2ccccc12)C(=O)NC(CS)C(=O)O. The topological polar surface area (TPSA) is 209 Å². The van der Waals surface area contributed by atoms with Crippen LogP contribution in [0.25, 0.3) is 10.9 Å². The average Bonchev–Trinajstić information content (AvgIpc) is 3.26. The van der Waals surface area contributed by atoms with E-state index >= 15 is 0 Å². The van der Waals surface area contributed by atoms with Crippen molar-refractivity contribution < 1.29 is 29.1 Å². The molecule has 9 N–H and O–H groups in total. The molecule has 1 aromatic heterocycles. The number of para-hydroxylation sites is 1. The van der Waals surface area contributed by atoms with Gasteiger partial charge in [-0.15, -0.1) is 0 Å². The second-order valence-electron chi connectivity index (χ2n) is 9.51. The van der Waals surface area contributed by atoms with Crippen molar-refractivity contribution in [3.8, 4) is 0 Å². The van der Waals surface area contributed by atoms with Crippen LogP contribution in [0.5, 0.6) is 0 Å². The summed E-state index contributed by atoms with van der Waals surface area (Å²) in [6.45, 7) is 3.72. The number of aromatic nitrogens is 1. The first kappa shape index (κ1) is 30.6. The number of hydrogen-bond donors (Lipinski definition) is 8. The lowest BCUT2D eigenvalue weighted by atomic mass is 10.00. The van der Waals surface area contributed by atoms with E-state index in [0.29, 0.717) is 0 Å². The minimum Gasteiger partial charge on any atom is -0.480 e. The van der Waals surface area contributed by atoms with Crippen molar-refractivity contribution in [3.05, 3.63) is 36.0 Å². The summed E-state index contributed by atoms with van der Waals surface area (Å²) in [5, 5.41) is 17.9. The summed E-state index contributed by atoms with van der Waals surface area (Å²) in [5.41, 5.74) is 12.5. The fraction of sp³-hybridized carbons (Fsp3) is 0.480. The molecule has 13 heteroatoms. The lowest BCUT2D eigenvalue weighted by Crippen LogP contribution is -2.58. The second kappa shape index (κ2) is 14.4. The lowest BCUT2D eigenvalue weighted by Gasteiger charge is -2.26. The lowest BCUT2D eigenvalue weighted by molar-refractivity contribution is -0.141. The summed E-state index contributed by atoms with van der Waals surface area (Å²) in [6.07, 6.45) is 1.95. The number of carbonyl (C=O) groups excluding carboxylic acids is 4. The van der Waals surface area contributed by atoms with Crippen LogP contribution in [0.1, 0.15) is 38.7 Å². The van der Waals surface area contributed by atoms with E-state index in [2.05, 4.69) is 33.6 Å². The number of benzene rings is 1. The molecule has 0 saturated heterocycles. The zero-order chi connectivity index (χ0) is 28.4. The van der Waals surface area contributed by atoms with Gasteiger partial charge in [0.15, 0.2) is 0 Å². The third kappa shape index (κ3) is 9.06. The number of nitrogens with two attached hydrogens (primary N) is 2. The van der Waals surface area contributed by atoms with Crippen LogP contribution in [-0.4, -0.2) is 69.6 Å². The van der Waals surface area contributed by atoms with Crippen molar-refractivity contribution in [1.29, 1.82) is 0 Å². The molecule has 1 aromatic carbocycles. The number of aliphatic carboxylic acids is 1. The molecule has 0 bridgehead atoms. The molecule has 0 spiro atoms. The van der Waals surface area contributed by atoms with Gasteiger partial charge in [0, 0.05) is 35.7 Å². The molecule has 0 radical (unpaired) electrons. The van der Waals surface area contributed by atoms with Crippen LogP contribution >= 0.6 is 12.6 Å². The van der Waals surface area contributed by atoms with Gasteiger partial charge in [0.1, 0.15) is 18.1 Å². The molecule has 0 fully saturated rings. The summed E-state index contributed by atoms with van der Waals surface area (Å²) in [7, 11) is 0. The highest BCUT2D eigenvalue weighted by atomic mass is 32.1. The minimum atomic E-state index is -1.26. The zero-order valence-corrected chi connectivity index (χ0v) is 22.3. The number of H-pyrrole nitrogens is 1. The molecule has 12 nitrogen and oxygen atoms in total. The molecule has 4 atom stereocenters. The molecule has 38 heavy (non-hydrogen) atoms. The van der Waals surface area contributed by atoms with Crippen LogP contribution in [-0.2, 0) is 30.4 Å². The number of rotatable bonds is 15. The first-order valence-corrected chi connectivity index (χ1v) is 12.9. The molecular formula is C25H36N6O6S. The summed E-state index contributed by atoms with van der Waals surface area (Å²) in [4.78, 5) is 64.7. The van der Waals surface area contributed by atoms with Crippen molar-refractivity contribution in [2.45, 2.75) is 63.7 Å². The predicted octanol–water partition coefficient (Wildman–Crippen LogP) is -0.182. The molecular weight excluding hydrogens is 512 g/mol. The fourth-order valence-corrected chi connectivity index (χ4v) is 4.12. The van der Waals surface area contributed by atoms with E-state index in [4.69, 9.17) is 11.5 Å². The van der Waals surface area contributed by atoms with Gasteiger partial charge in [0.05, 0.1) is 6.04 Å². The van der Waals surface area contributed by atoms with Crippen LogP contribution < -0.4 is 27.4 Å². The molecule has 0 aliphatic heterocycles. The quantitative estimate of drug-likeness (QED) is 0.141. The highest BCUT2D eigenvalue weighted by Gasteiger charge is 2.31. The van der Waals surface area contributed by atoms with Gasteiger partial charge in [0.2, 0.25) is 23.6 Å². The molecule has 2 rings (SSSR count). The van der Waals surface area contributed by atoms with Crippen molar-refractivity contribution in [3.63, 3.8) is 0 Å². The zero-order valence-electron chi connectivity index (χ0n) is 21.4. The largest absolute Gasteiger partial charge is 0.480 e. The van der Waals surface area contributed by atoms with Crippen molar-refractivity contribution in [2.75, 3.05) is 5.75 Å². The highest BCUT2D eigenvalue weighted by Crippen LogP contribution is 2.19. The van der Waals surface area contributed by atoms with Crippen LogP contribution in [0.2, 0.25) is 0 Å². The van der Waals surface area contributed by atoms with E-state index in [1.807, 2.05) is 38.1 Å². The number of nitrogens with one attached hydrogen (secondary N) is 4. The number of hydrogen-bond acceptors (Lipinski definition) is 7. The van der Waals surface area contributed by atoms with Gasteiger partial charge in [-0.25, -0.2) is 4.79 Å². The number of fused-ring (bicyclic) bond motifs is 1. The van der Waals surface area contributed by atoms with Crippen LogP contribution in [0.3, 0.4) is 0 Å². The maximum atomic E-state index is 13.3. The maximum absolute atomic E-state index is 13.3. The minimum absolute atomic E-state index is 0.00522. The highest BCUT2D eigenvalue weighted by molar-refractivity contribution is 7.80. The van der Waals surface area contributed by atoms with Crippen LogP contribution in [0, 0.1) is 5.92 Å². The van der Waals surface area contributed by atoms with Crippen LogP contribution in [0.15, 0.2) is 30.5 Å². The average molecular weight is 549 g/mol. The maximum Gasteiger partial charge on any atom is 0.327 e. The Labute approximate surface area is 226 Å². The second-order valence-corrected chi connectivity index (χ2v) is 9.87. The Bertz CT molecular complexity index is 1150. The number of carboxylic acid groups (broad SMARTS) is 1. The van der Waals surface area contributed by atoms with Gasteiger partial charge in [0.25, 0.3) is 0 Å². The number of carboxylic acids is 1. The Balaban J connectivity index is 2.27. The van der Waals surface area contributed by atoms with Gasteiger partial charge in [-0.05, 0) is 30.4 Å². The molecule has 0 saturated carbocycles. The van der Waals surface area contributed by atoms with Gasteiger partial charge in [-0.3, -0.25) is 19.2 Å². The van der Waals surface area contributed by atoms with E-state index in [0.717, 1.165) is 16.5 Å². The van der Waals surface area contributed by atoms with Crippen molar-refractivity contribution >= 4 is 53.1 Å². The van der Waals surface area contributed by atoms with Gasteiger partial charge in [-0.1, -0.05) is 32.0 Å². The van der Waals surface area contributed by atoms with E-state index in [1.54, 1.807) is 6.20 Å². The number of carbonyl (C=O) groups is 5. The summed E-state index contributed by atoms with van der Waals surface area (Å²) in [5.74, 6) is -3.99. The Hall–Kier alpha value is -3.58. The molecule has 0 aliphatic rings. The molecule has 4 amide bonds. The fourth-order valence-electron chi connectivity index (χ4n) is 3.87. The Morgan fingerprint density at radius 3 is 2.18 bits per heavy atom. The molecule has 0 aliphatic carbocycles. The number of thiol groups is 1. The first-order valence-electron chi connectivity index (χ1n) is 12.3. The van der Waals surface area contributed by atoms with E-state index in [-0.39, 0.29) is 37.4 Å². The standard InChI is InChI=1S/C25H36N6O6S/c1-13(2)9-18(29-22(33)16(26)7-8-21(27)32)23(34)30-19(24(35)31-20(12-38)25(36)37)10-14-11-28-17-6-4-3-5-15(14)17/h3-6,11,13,16,18-20,28,38H,7-10,12,26H2,1-2H3,(H2,27,32)(H,29,33)(H,30,34)(H,31,35)(H,36,37). The predicted molar refractivity (Wildman–Crippen MR) is 145 cm³/mol. The summed E-state index contributed by atoms with van der Waals surface area (Å²) in [6, 6.07) is 2.92. The number of aromatic amines is 1.